The van der Waals surface area contributed by atoms with Crippen molar-refractivity contribution in [3.8, 4) is 5.75 Å². The molecule has 0 unspecified atom stereocenters. The lowest BCUT2D eigenvalue weighted by Crippen LogP contribution is -2.19. The zero-order chi connectivity index (χ0) is 15.0. The minimum atomic E-state index is -3.32. The first-order chi connectivity index (χ1) is 9.46. The van der Waals surface area contributed by atoms with Gasteiger partial charge in [-0.3, -0.25) is 4.72 Å². The summed E-state index contributed by atoms with van der Waals surface area (Å²) in [6, 6.07) is 5.13. The van der Waals surface area contributed by atoms with E-state index in [0.717, 1.165) is 24.0 Å². The maximum atomic E-state index is 12.0. The van der Waals surface area contributed by atoms with Crippen LogP contribution in [0.25, 0.3) is 0 Å². The van der Waals surface area contributed by atoms with Gasteiger partial charge < -0.3 is 10.1 Å². The van der Waals surface area contributed by atoms with Crippen molar-refractivity contribution in [2.24, 2.45) is 0 Å². The van der Waals surface area contributed by atoms with E-state index in [0.29, 0.717) is 17.9 Å². The summed E-state index contributed by atoms with van der Waals surface area (Å²) in [4.78, 5) is 0. The number of sulfonamides is 1. The first kappa shape index (κ1) is 17.3. The van der Waals surface area contributed by atoms with Gasteiger partial charge in [-0.2, -0.15) is 0 Å². The predicted molar refractivity (Wildman–Crippen MR) is 85.9 cm³/mol. The summed E-state index contributed by atoms with van der Waals surface area (Å²) in [5, 5.41) is 3.17. The van der Waals surface area contributed by atoms with E-state index in [-0.39, 0.29) is 5.75 Å². The van der Waals surface area contributed by atoms with Crippen molar-refractivity contribution < 1.29 is 13.2 Å². The van der Waals surface area contributed by atoms with Crippen LogP contribution in [0.3, 0.4) is 0 Å². The number of rotatable bonds is 9. The molecular weight excluding hydrogens is 344 g/mol. The van der Waals surface area contributed by atoms with Crippen LogP contribution in [-0.2, 0) is 10.0 Å². The molecule has 0 spiro atoms. The lowest BCUT2D eigenvalue weighted by Gasteiger charge is -2.10. The first-order valence-corrected chi connectivity index (χ1v) is 8.97. The van der Waals surface area contributed by atoms with Crippen LogP contribution in [0, 0.1) is 0 Å². The molecule has 0 amide bonds. The Morgan fingerprint density at radius 3 is 2.65 bits per heavy atom. The summed E-state index contributed by atoms with van der Waals surface area (Å²) in [6.45, 7) is 3.78. The normalized spacial score (nSPS) is 11.3. The second-order valence-corrected chi connectivity index (χ2v) is 7.12. The van der Waals surface area contributed by atoms with Gasteiger partial charge in [0, 0.05) is 10.5 Å². The minimum absolute atomic E-state index is 0.118. The number of hydrogen-bond acceptors (Lipinski definition) is 4. The molecule has 0 heterocycles. The Labute approximate surface area is 129 Å². The van der Waals surface area contributed by atoms with Crippen molar-refractivity contribution in [2.75, 3.05) is 30.7 Å². The number of methoxy groups -OCH3 is 1. The van der Waals surface area contributed by atoms with E-state index in [4.69, 9.17) is 4.74 Å². The summed E-state index contributed by atoms with van der Waals surface area (Å²) >= 11 is 3.32. The molecule has 5 nitrogen and oxygen atoms in total. The average molecular weight is 365 g/mol. The van der Waals surface area contributed by atoms with Gasteiger partial charge >= 0.3 is 0 Å². The Hall–Kier alpha value is -0.790. The predicted octanol–water partition coefficient (Wildman–Crippen LogP) is 2.59. The second-order valence-electron chi connectivity index (χ2n) is 4.36. The van der Waals surface area contributed by atoms with E-state index in [9.17, 15) is 8.42 Å². The molecule has 20 heavy (non-hydrogen) atoms. The van der Waals surface area contributed by atoms with Gasteiger partial charge in [-0.05, 0) is 38.1 Å². The fourth-order valence-electron chi connectivity index (χ4n) is 1.69. The fourth-order valence-corrected chi connectivity index (χ4v) is 3.32. The Morgan fingerprint density at radius 1 is 1.25 bits per heavy atom. The van der Waals surface area contributed by atoms with Gasteiger partial charge in [-0.1, -0.05) is 22.9 Å². The number of hydrogen-bond donors (Lipinski definition) is 2. The quantitative estimate of drug-likeness (QED) is 0.660. The Morgan fingerprint density at radius 2 is 2.00 bits per heavy atom. The maximum absolute atomic E-state index is 12.0. The number of unbranched alkanes of at least 4 members (excludes halogenated alkanes) is 1. The third kappa shape index (κ3) is 6.58. The third-order valence-corrected chi connectivity index (χ3v) is 4.48. The smallest absolute Gasteiger partial charge is 0.232 e. The van der Waals surface area contributed by atoms with Crippen LogP contribution in [0.1, 0.15) is 19.8 Å². The van der Waals surface area contributed by atoms with E-state index in [1.54, 1.807) is 25.3 Å². The van der Waals surface area contributed by atoms with Crippen molar-refractivity contribution in [3.63, 3.8) is 0 Å². The molecule has 114 valence electrons. The topological polar surface area (TPSA) is 67.4 Å². The van der Waals surface area contributed by atoms with Gasteiger partial charge in [0.15, 0.2) is 0 Å². The van der Waals surface area contributed by atoms with Gasteiger partial charge in [0.1, 0.15) is 5.75 Å². The average Bonchev–Trinajstić information content (AvgIpc) is 2.37. The molecule has 0 saturated heterocycles. The highest BCUT2D eigenvalue weighted by atomic mass is 79.9. The highest BCUT2D eigenvalue weighted by molar-refractivity contribution is 9.10. The summed E-state index contributed by atoms with van der Waals surface area (Å²) in [6.07, 6.45) is 1.48. The largest absolute Gasteiger partial charge is 0.497 e. The van der Waals surface area contributed by atoms with Gasteiger partial charge in [-0.25, -0.2) is 8.42 Å². The van der Waals surface area contributed by atoms with Crippen LogP contribution >= 0.6 is 15.9 Å². The van der Waals surface area contributed by atoms with Crippen molar-refractivity contribution in [1.82, 2.24) is 5.32 Å². The number of nitrogens with one attached hydrogen (secondary N) is 2. The third-order valence-electron chi connectivity index (χ3n) is 2.65. The molecule has 0 aliphatic heterocycles. The van der Waals surface area contributed by atoms with Crippen LogP contribution in [0.15, 0.2) is 22.7 Å². The lowest BCUT2D eigenvalue weighted by atomic mass is 10.3. The highest BCUT2D eigenvalue weighted by Crippen LogP contribution is 2.25. The Bertz CT molecular complexity index is 520. The molecule has 0 aliphatic carbocycles. The maximum Gasteiger partial charge on any atom is 0.232 e. The molecule has 0 atom stereocenters. The highest BCUT2D eigenvalue weighted by Gasteiger charge is 2.11. The minimum Gasteiger partial charge on any atom is -0.497 e. The first-order valence-electron chi connectivity index (χ1n) is 6.52. The molecule has 2 N–H and O–H groups in total. The molecule has 1 aromatic rings. The van der Waals surface area contributed by atoms with Crippen LogP contribution in [0.2, 0.25) is 0 Å². The Kier molecular flexibility index (Phi) is 7.32. The van der Waals surface area contributed by atoms with Crippen LogP contribution < -0.4 is 14.8 Å². The molecular formula is C13H21BrN2O3S. The molecule has 0 aromatic heterocycles. The SMILES string of the molecule is CCNCCCCS(=O)(=O)Nc1cc(Br)cc(OC)c1. The summed E-state index contributed by atoms with van der Waals surface area (Å²) in [5.41, 5.74) is 0.503. The molecule has 1 aromatic carbocycles. The van der Waals surface area contributed by atoms with Gasteiger partial charge in [-0.15, -0.1) is 0 Å². The number of ether oxygens (including phenoxy) is 1. The summed E-state index contributed by atoms with van der Waals surface area (Å²) < 4.78 is 32.3. The van der Waals surface area contributed by atoms with Gasteiger partial charge in [0.2, 0.25) is 10.0 Å². The molecule has 7 heteroatoms. The lowest BCUT2D eigenvalue weighted by molar-refractivity contribution is 0.415. The van der Waals surface area contributed by atoms with Crippen molar-refractivity contribution in [1.29, 1.82) is 0 Å². The number of anilines is 1. The van der Waals surface area contributed by atoms with E-state index in [1.807, 2.05) is 6.92 Å². The van der Waals surface area contributed by atoms with Crippen molar-refractivity contribution in [2.45, 2.75) is 19.8 Å². The van der Waals surface area contributed by atoms with Gasteiger partial charge in [0.25, 0.3) is 0 Å². The Balaban J connectivity index is 2.55. The zero-order valence-electron chi connectivity index (χ0n) is 11.8. The molecule has 0 fully saturated rings. The van der Waals surface area contributed by atoms with Gasteiger partial charge in [0.05, 0.1) is 18.6 Å². The number of halogens is 1. The molecule has 0 bridgehead atoms. The molecule has 1 rings (SSSR count). The molecule has 0 saturated carbocycles. The van der Waals surface area contributed by atoms with Crippen molar-refractivity contribution >= 4 is 31.6 Å². The van der Waals surface area contributed by atoms with E-state index in [2.05, 4.69) is 26.0 Å². The standard InChI is InChI=1S/C13H21BrN2O3S/c1-3-15-6-4-5-7-20(17,18)16-12-8-11(14)9-13(10-12)19-2/h8-10,15-16H,3-7H2,1-2H3. The van der Waals surface area contributed by atoms with Crippen LogP contribution in [0.5, 0.6) is 5.75 Å². The monoisotopic (exact) mass is 364 g/mol. The van der Waals surface area contributed by atoms with E-state index < -0.39 is 10.0 Å². The molecule has 0 aliphatic rings. The van der Waals surface area contributed by atoms with Crippen LogP contribution in [0.4, 0.5) is 5.69 Å². The van der Waals surface area contributed by atoms with Crippen molar-refractivity contribution in [3.05, 3.63) is 22.7 Å². The van der Waals surface area contributed by atoms with E-state index in [1.165, 1.54) is 0 Å². The van der Waals surface area contributed by atoms with Crippen LogP contribution in [-0.4, -0.2) is 34.4 Å². The summed E-state index contributed by atoms with van der Waals surface area (Å²) in [5.74, 6) is 0.719. The summed E-state index contributed by atoms with van der Waals surface area (Å²) in [7, 11) is -1.78. The zero-order valence-corrected chi connectivity index (χ0v) is 14.2. The second kappa shape index (κ2) is 8.49. The molecule has 0 radical (unpaired) electrons. The van der Waals surface area contributed by atoms with E-state index >= 15 is 0 Å². The number of benzene rings is 1. The fraction of sp³-hybridized carbons (Fsp3) is 0.538.